The maximum absolute atomic E-state index is 13.2. The molecule has 0 spiro atoms. The number of H-pyrrole nitrogens is 1. The molecule has 6 nitrogen and oxygen atoms in total. The highest BCUT2D eigenvalue weighted by Gasteiger charge is 2.33. The summed E-state index contributed by atoms with van der Waals surface area (Å²) in [7, 11) is 1.59. The summed E-state index contributed by atoms with van der Waals surface area (Å²) in [6, 6.07) is 13.2. The number of para-hydroxylation sites is 2. The van der Waals surface area contributed by atoms with E-state index in [2.05, 4.69) is 4.98 Å². The van der Waals surface area contributed by atoms with E-state index in [4.69, 9.17) is 14.5 Å². The van der Waals surface area contributed by atoms with E-state index in [9.17, 15) is 4.79 Å². The van der Waals surface area contributed by atoms with Gasteiger partial charge in [-0.2, -0.15) is 0 Å². The summed E-state index contributed by atoms with van der Waals surface area (Å²) in [6.07, 6.45) is 1.86. The number of ether oxygens (including phenoxy) is 2. The second kappa shape index (κ2) is 7.31. The van der Waals surface area contributed by atoms with Gasteiger partial charge in [-0.05, 0) is 50.1 Å². The van der Waals surface area contributed by atoms with Gasteiger partial charge in [0.05, 0.1) is 30.8 Å². The molecule has 1 saturated heterocycles. The Morgan fingerprint density at radius 2 is 2.11 bits per heavy atom. The molecule has 0 radical (unpaired) electrons. The van der Waals surface area contributed by atoms with Crippen molar-refractivity contribution in [1.82, 2.24) is 14.9 Å². The van der Waals surface area contributed by atoms with Crippen molar-refractivity contribution in [2.45, 2.75) is 25.8 Å². The highest BCUT2D eigenvalue weighted by molar-refractivity contribution is 5.95. The average molecular weight is 365 g/mol. The fourth-order valence-electron chi connectivity index (χ4n) is 3.67. The second-order valence-electron chi connectivity index (χ2n) is 6.59. The van der Waals surface area contributed by atoms with Crippen molar-refractivity contribution >= 4 is 16.9 Å². The molecule has 0 bridgehead atoms. The molecule has 6 heteroatoms. The van der Waals surface area contributed by atoms with E-state index in [1.807, 2.05) is 36.1 Å². The number of hydrogen-bond donors (Lipinski definition) is 1. The first-order valence-corrected chi connectivity index (χ1v) is 9.27. The molecule has 2 aromatic carbocycles. The largest absolute Gasteiger partial charge is 0.493 e. The molecule has 1 N–H and O–H groups in total. The number of nitrogens with one attached hydrogen (secondary N) is 1. The monoisotopic (exact) mass is 365 g/mol. The lowest BCUT2D eigenvalue weighted by molar-refractivity contribution is 0.0730. The quantitative estimate of drug-likeness (QED) is 0.743. The van der Waals surface area contributed by atoms with Crippen LogP contribution in [0.25, 0.3) is 11.0 Å². The number of methoxy groups -OCH3 is 1. The van der Waals surface area contributed by atoms with E-state index < -0.39 is 0 Å². The summed E-state index contributed by atoms with van der Waals surface area (Å²) in [6.45, 7) is 3.14. The number of benzene rings is 2. The molecule has 2 heterocycles. The number of imidazole rings is 1. The third kappa shape index (κ3) is 3.23. The molecular weight excluding hydrogens is 342 g/mol. The maximum Gasteiger partial charge on any atom is 0.254 e. The summed E-state index contributed by atoms with van der Waals surface area (Å²) in [4.78, 5) is 23.2. The Balaban J connectivity index is 1.63. The van der Waals surface area contributed by atoms with Crippen LogP contribution in [-0.2, 0) is 0 Å². The number of hydrogen-bond acceptors (Lipinski definition) is 4. The topological polar surface area (TPSA) is 67.5 Å². The van der Waals surface area contributed by atoms with Crippen molar-refractivity contribution in [2.75, 3.05) is 20.3 Å². The number of rotatable bonds is 5. The van der Waals surface area contributed by atoms with E-state index in [0.717, 1.165) is 36.2 Å². The molecule has 140 valence electrons. The van der Waals surface area contributed by atoms with E-state index in [1.165, 1.54) is 0 Å². The highest BCUT2D eigenvalue weighted by atomic mass is 16.5. The lowest BCUT2D eigenvalue weighted by Gasteiger charge is -2.23. The minimum atomic E-state index is -0.0393. The third-order valence-corrected chi connectivity index (χ3v) is 4.95. The van der Waals surface area contributed by atoms with Gasteiger partial charge in [-0.1, -0.05) is 12.1 Å². The lowest BCUT2D eigenvalue weighted by atomic mass is 10.1. The van der Waals surface area contributed by atoms with Gasteiger partial charge in [0.2, 0.25) is 0 Å². The standard InChI is InChI=1S/C21H23N3O3/c1-3-27-19-13-14(10-11-18(19)26-2)21(25)24-12-6-9-17(24)20-22-15-7-4-5-8-16(15)23-20/h4-5,7-8,10-11,13,17H,3,6,9,12H2,1-2H3,(H,22,23)/t17-/m1/s1. The van der Waals surface area contributed by atoms with Crippen LogP contribution in [0.15, 0.2) is 42.5 Å². The molecule has 1 aliphatic rings. The summed E-state index contributed by atoms with van der Waals surface area (Å²) < 4.78 is 10.9. The number of likely N-dealkylation sites (tertiary alicyclic amines) is 1. The number of aromatic nitrogens is 2. The SMILES string of the molecule is CCOc1cc(C(=O)N2CCC[C@@H]2c2nc3ccccc3[nH]2)ccc1OC. The van der Waals surface area contributed by atoms with Crippen LogP contribution in [0.5, 0.6) is 11.5 Å². The first-order valence-electron chi connectivity index (χ1n) is 9.27. The van der Waals surface area contributed by atoms with Crippen LogP contribution in [0.2, 0.25) is 0 Å². The summed E-state index contributed by atoms with van der Waals surface area (Å²) >= 11 is 0. The van der Waals surface area contributed by atoms with Gasteiger partial charge in [0.1, 0.15) is 5.82 Å². The summed E-state index contributed by atoms with van der Waals surface area (Å²) in [5, 5.41) is 0. The molecule has 1 fully saturated rings. The molecule has 1 aliphatic heterocycles. The fraction of sp³-hybridized carbons (Fsp3) is 0.333. The van der Waals surface area contributed by atoms with E-state index in [1.54, 1.807) is 25.3 Å². The van der Waals surface area contributed by atoms with Gasteiger partial charge in [-0.3, -0.25) is 4.79 Å². The van der Waals surface area contributed by atoms with Crippen LogP contribution in [0, 0.1) is 0 Å². The van der Waals surface area contributed by atoms with Crippen molar-refractivity contribution in [3.63, 3.8) is 0 Å². The van der Waals surface area contributed by atoms with Crippen LogP contribution in [0.3, 0.4) is 0 Å². The number of nitrogens with zero attached hydrogens (tertiary/aromatic N) is 2. The number of amides is 1. The van der Waals surface area contributed by atoms with Crippen LogP contribution >= 0.6 is 0 Å². The van der Waals surface area contributed by atoms with Crippen LogP contribution in [0.4, 0.5) is 0 Å². The van der Waals surface area contributed by atoms with Crippen molar-refractivity contribution < 1.29 is 14.3 Å². The van der Waals surface area contributed by atoms with Crippen molar-refractivity contribution in [1.29, 1.82) is 0 Å². The molecule has 1 atom stereocenters. The Hall–Kier alpha value is -3.02. The van der Waals surface area contributed by atoms with Crippen molar-refractivity contribution in [3.8, 4) is 11.5 Å². The lowest BCUT2D eigenvalue weighted by Crippen LogP contribution is -2.31. The van der Waals surface area contributed by atoms with Crippen LogP contribution in [-0.4, -0.2) is 41.0 Å². The zero-order valence-electron chi connectivity index (χ0n) is 15.6. The molecular formula is C21H23N3O3. The summed E-state index contributed by atoms with van der Waals surface area (Å²) in [5.41, 5.74) is 2.52. The Morgan fingerprint density at radius 3 is 2.89 bits per heavy atom. The predicted octanol–water partition coefficient (Wildman–Crippen LogP) is 3.95. The maximum atomic E-state index is 13.2. The number of carbonyl (C=O) groups excluding carboxylic acids is 1. The van der Waals surface area contributed by atoms with E-state index in [-0.39, 0.29) is 11.9 Å². The van der Waals surface area contributed by atoms with Crippen LogP contribution in [0.1, 0.15) is 42.0 Å². The summed E-state index contributed by atoms with van der Waals surface area (Å²) in [5.74, 6) is 2.05. The first kappa shape index (κ1) is 17.4. The van der Waals surface area contributed by atoms with Gasteiger partial charge < -0.3 is 19.4 Å². The Labute approximate surface area is 158 Å². The minimum absolute atomic E-state index is 0.0124. The fourth-order valence-corrected chi connectivity index (χ4v) is 3.67. The van der Waals surface area contributed by atoms with E-state index in [0.29, 0.717) is 23.7 Å². The van der Waals surface area contributed by atoms with Gasteiger partial charge in [-0.25, -0.2) is 4.98 Å². The third-order valence-electron chi connectivity index (χ3n) is 4.95. The van der Waals surface area contributed by atoms with Crippen molar-refractivity contribution in [2.24, 2.45) is 0 Å². The molecule has 3 aromatic rings. The number of carbonyl (C=O) groups is 1. The molecule has 4 rings (SSSR count). The predicted molar refractivity (Wildman–Crippen MR) is 103 cm³/mol. The minimum Gasteiger partial charge on any atom is -0.493 e. The zero-order valence-corrected chi connectivity index (χ0v) is 15.6. The molecule has 1 amide bonds. The van der Waals surface area contributed by atoms with Gasteiger partial charge in [0.25, 0.3) is 5.91 Å². The van der Waals surface area contributed by atoms with Crippen molar-refractivity contribution in [3.05, 3.63) is 53.9 Å². The molecule has 1 aromatic heterocycles. The van der Waals surface area contributed by atoms with Gasteiger partial charge in [0.15, 0.2) is 11.5 Å². The molecule has 0 saturated carbocycles. The van der Waals surface area contributed by atoms with Crippen LogP contribution < -0.4 is 9.47 Å². The first-order chi connectivity index (χ1) is 13.2. The number of fused-ring (bicyclic) bond motifs is 1. The average Bonchev–Trinajstić information content (AvgIpc) is 3.34. The molecule has 27 heavy (non-hydrogen) atoms. The van der Waals surface area contributed by atoms with Gasteiger partial charge >= 0.3 is 0 Å². The zero-order chi connectivity index (χ0) is 18.8. The second-order valence-corrected chi connectivity index (χ2v) is 6.59. The Morgan fingerprint density at radius 1 is 1.26 bits per heavy atom. The number of aromatic amines is 1. The van der Waals surface area contributed by atoms with Gasteiger partial charge in [0, 0.05) is 12.1 Å². The van der Waals surface area contributed by atoms with Gasteiger partial charge in [-0.15, -0.1) is 0 Å². The molecule has 0 aliphatic carbocycles. The smallest absolute Gasteiger partial charge is 0.254 e. The molecule has 0 unspecified atom stereocenters. The normalized spacial score (nSPS) is 16.7. The Kier molecular flexibility index (Phi) is 4.71. The van der Waals surface area contributed by atoms with E-state index >= 15 is 0 Å². The highest BCUT2D eigenvalue weighted by Crippen LogP contribution is 2.34. The Bertz CT molecular complexity index is 933.